The topological polar surface area (TPSA) is 49.9 Å². The number of rotatable bonds is 7. The van der Waals surface area contributed by atoms with Crippen LogP contribution in [0.1, 0.15) is 76.0 Å². The Labute approximate surface area is 194 Å². The van der Waals surface area contributed by atoms with E-state index in [4.69, 9.17) is 4.74 Å². The zero-order valence-electron chi connectivity index (χ0n) is 20.6. The molecule has 5 nitrogen and oxygen atoms in total. The molecule has 0 atom stereocenters. The molecule has 32 heavy (non-hydrogen) atoms. The summed E-state index contributed by atoms with van der Waals surface area (Å²) in [6, 6.07) is 12.2. The maximum Gasteiger partial charge on any atom is 0.243 e. The fourth-order valence-corrected chi connectivity index (χ4v) is 6.38. The number of anilines is 1. The first-order valence-corrected chi connectivity index (χ1v) is 13.1. The van der Waals surface area contributed by atoms with Crippen LogP contribution in [-0.2, 0) is 10.0 Å². The van der Waals surface area contributed by atoms with E-state index in [1.54, 1.807) is 11.4 Å². The first-order chi connectivity index (χ1) is 15.1. The van der Waals surface area contributed by atoms with E-state index in [9.17, 15) is 8.42 Å². The van der Waals surface area contributed by atoms with Gasteiger partial charge < -0.3 is 9.64 Å². The Balaban J connectivity index is 1.92. The van der Waals surface area contributed by atoms with E-state index in [0.29, 0.717) is 37.0 Å². The van der Waals surface area contributed by atoms with Crippen LogP contribution in [0.5, 0.6) is 5.75 Å². The van der Waals surface area contributed by atoms with Gasteiger partial charge in [0.2, 0.25) is 10.0 Å². The van der Waals surface area contributed by atoms with E-state index in [2.05, 4.69) is 58.6 Å². The quantitative estimate of drug-likeness (QED) is 0.544. The second-order valence-electron chi connectivity index (χ2n) is 9.58. The van der Waals surface area contributed by atoms with Crippen molar-refractivity contribution in [3.05, 3.63) is 53.1 Å². The summed E-state index contributed by atoms with van der Waals surface area (Å²) in [5.74, 6) is 1.45. The summed E-state index contributed by atoms with van der Waals surface area (Å²) in [5.41, 5.74) is 4.19. The summed E-state index contributed by atoms with van der Waals surface area (Å²) < 4.78 is 34.8. The maximum absolute atomic E-state index is 13.9. The Morgan fingerprint density at radius 1 is 0.781 bits per heavy atom. The van der Waals surface area contributed by atoms with E-state index in [-0.39, 0.29) is 11.8 Å². The number of piperazine rings is 1. The molecule has 1 saturated heterocycles. The van der Waals surface area contributed by atoms with Gasteiger partial charge in [0, 0.05) is 31.9 Å². The third kappa shape index (κ3) is 4.96. The molecule has 2 aromatic rings. The second kappa shape index (κ2) is 9.84. The van der Waals surface area contributed by atoms with E-state index in [0.717, 1.165) is 22.6 Å². The van der Waals surface area contributed by atoms with Crippen molar-refractivity contribution in [2.75, 3.05) is 38.2 Å². The van der Waals surface area contributed by atoms with Crippen molar-refractivity contribution in [3.63, 3.8) is 0 Å². The van der Waals surface area contributed by atoms with Gasteiger partial charge in [-0.3, -0.25) is 0 Å². The number of methoxy groups -OCH3 is 1. The molecule has 176 valence electrons. The molecule has 0 bridgehead atoms. The molecule has 1 aliphatic rings. The molecule has 0 saturated carbocycles. The molecule has 0 unspecified atom stereocenters. The van der Waals surface area contributed by atoms with Gasteiger partial charge in [-0.25, -0.2) is 8.42 Å². The Kier molecular flexibility index (Phi) is 7.56. The first kappa shape index (κ1) is 24.6. The summed E-state index contributed by atoms with van der Waals surface area (Å²) in [7, 11) is -1.93. The Hall–Kier alpha value is -2.05. The molecule has 3 rings (SSSR count). The summed E-state index contributed by atoms with van der Waals surface area (Å²) in [6.07, 6.45) is 0. The van der Waals surface area contributed by atoms with E-state index < -0.39 is 10.0 Å². The minimum absolute atomic E-state index is 0.136. The maximum atomic E-state index is 13.9. The third-order valence-corrected chi connectivity index (χ3v) is 8.39. The lowest BCUT2D eigenvalue weighted by Gasteiger charge is -2.36. The fourth-order valence-electron chi connectivity index (χ4n) is 4.30. The summed E-state index contributed by atoms with van der Waals surface area (Å²) in [5, 5.41) is 0. The Morgan fingerprint density at radius 2 is 1.28 bits per heavy atom. The number of sulfonamides is 1. The van der Waals surface area contributed by atoms with Crippen molar-refractivity contribution in [2.45, 2.75) is 64.2 Å². The third-order valence-electron chi connectivity index (χ3n) is 6.35. The number of nitrogens with zero attached hydrogens (tertiary/aromatic N) is 2. The van der Waals surface area contributed by atoms with Gasteiger partial charge >= 0.3 is 0 Å². The van der Waals surface area contributed by atoms with Crippen LogP contribution in [0.15, 0.2) is 41.3 Å². The molecule has 0 amide bonds. The molecular weight excluding hydrogens is 420 g/mol. The van der Waals surface area contributed by atoms with Crippen LogP contribution in [0, 0.1) is 0 Å². The van der Waals surface area contributed by atoms with Crippen molar-refractivity contribution in [2.24, 2.45) is 0 Å². The lowest BCUT2D eigenvalue weighted by molar-refractivity contribution is 0.383. The monoisotopic (exact) mass is 458 g/mol. The number of hydrogen-bond acceptors (Lipinski definition) is 4. The highest BCUT2D eigenvalue weighted by Gasteiger charge is 2.34. The highest BCUT2D eigenvalue weighted by molar-refractivity contribution is 7.89. The van der Waals surface area contributed by atoms with Crippen LogP contribution >= 0.6 is 0 Å². The van der Waals surface area contributed by atoms with Crippen molar-refractivity contribution < 1.29 is 13.2 Å². The highest BCUT2D eigenvalue weighted by atomic mass is 32.2. The van der Waals surface area contributed by atoms with Crippen molar-refractivity contribution in [3.8, 4) is 5.75 Å². The van der Waals surface area contributed by atoms with E-state index >= 15 is 0 Å². The van der Waals surface area contributed by atoms with Crippen LogP contribution in [0.3, 0.4) is 0 Å². The smallest absolute Gasteiger partial charge is 0.243 e. The largest absolute Gasteiger partial charge is 0.497 e. The van der Waals surface area contributed by atoms with Gasteiger partial charge in [-0.15, -0.1) is 0 Å². The minimum atomic E-state index is -3.59. The average molecular weight is 459 g/mol. The number of hydrogen-bond donors (Lipinski definition) is 0. The molecule has 1 heterocycles. The van der Waals surface area contributed by atoms with Crippen molar-refractivity contribution >= 4 is 15.7 Å². The van der Waals surface area contributed by atoms with Gasteiger partial charge in [-0.2, -0.15) is 4.31 Å². The normalized spacial score (nSPS) is 15.8. The average Bonchev–Trinajstić information content (AvgIpc) is 2.78. The predicted molar refractivity (Wildman–Crippen MR) is 133 cm³/mol. The lowest BCUT2D eigenvalue weighted by Crippen LogP contribution is -2.49. The van der Waals surface area contributed by atoms with Crippen molar-refractivity contribution in [1.29, 1.82) is 0 Å². The second-order valence-corrected chi connectivity index (χ2v) is 11.5. The summed E-state index contributed by atoms with van der Waals surface area (Å²) >= 11 is 0. The van der Waals surface area contributed by atoms with Gasteiger partial charge in [0.05, 0.1) is 12.0 Å². The van der Waals surface area contributed by atoms with Gasteiger partial charge in [-0.1, -0.05) is 53.7 Å². The minimum Gasteiger partial charge on any atom is -0.497 e. The zero-order chi connectivity index (χ0) is 23.6. The molecule has 0 N–H and O–H groups in total. The van der Waals surface area contributed by atoms with E-state index in [1.165, 1.54) is 5.56 Å². The van der Waals surface area contributed by atoms with Gasteiger partial charge in [-0.05, 0) is 58.7 Å². The predicted octanol–water partition coefficient (Wildman–Crippen LogP) is 5.58. The number of benzene rings is 2. The highest BCUT2D eigenvalue weighted by Crippen LogP contribution is 2.37. The standard InChI is InChI=1S/C26H38N2O3S/c1-18(2)21-16-24(19(3)4)26(25(17-21)20(5)6)32(29,30)28-14-12-27(13-15-28)22-8-10-23(31-7)11-9-22/h8-11,16-20H,12-15H2,1-7H3. The Bertz CT molecular complexity index is 991. The summed E-state index contributed by atoms with van der Waals surface area (Å²) in [6.45, 7) is 15.0. The van der Waals surface area contributed by atoms with Crippen LogP contribution < -0.4 is 9.64 Å². The SMILES string of the molecule is COc1ccc(N2CCN(S(=O)(=O)c3c(C(C)C)cc(C(C)C)cc3C(C)C)CC2)cc1. The molecule has 0 aromatic heterocycles. The molecule has 0 spiro atoms. The van der Waals surface area contributed by atoms with Crippen LogP contribution in [-0.4, -0.2) is 46.0 Å². The molecule has 0 radical (unpaired) electrons. The van der Waals surface area contributed by atoms with Crippen LogP contribution in [0.2, 0.25) is 0 Å². The molecule has 1 aliphatic heterocycles. The zero-order valence-corrected chi connectivity index (χ0v) is 21.4. The Morgan fingerprint density at radius 3 is 1.69 bits per heavy atom. The van der Waals surface area contributed by atoms with Gasteiger partial charge in [0.15, 0.2) is 0 Å². The van der Waals surface area contributed by atoms with Crippen molar-refractivity contribution in [1.82, 2.24) is 4.31 Å². The van der Waals surface area contributed by atoms with Gasteiger partial charge in [0.1, 0.15) is 5.75 Å². The molecule has 0 aliphatic carbocycles. The molecule has 6 heteroatoms. The fraction of sp³-hybridized carbons (Fsp3) is 0.538. The van der Waals surface area contributed by atoms with E-state index in [1.807, 2.05) is 24.3 Å². The lowest BCUT2D eigenvalue weighted by atomic mass is 9.89. The molecule has 2 aromatic carbocycles. The first-order valence-electron chi connectivity index (χ1n) is 11.6. The molecule has 1 fully saturated rings. The number of ether oxygens (including phenoxy) is 1. The van der Waals surface area contributed by atoms with Crippen LogP contribution in [0.25, 0.3) is 0 Å². The summed E-state index contributed by atoms with van der Waals surface area (Å²) in [4.78, 5) is 2.77. The molecular formula is C26H38N2O3S. The van der Waals surface area contributed by atoms with Crippen LogP contribution in [0.4, 0.5) is 5.69 Å². The van der Waals surface area contributed by atoms with Gasteiger partial charge in [0.25, 0.3) is 0 Å².